The van der Waals surface area contributed by atoms with E-state index in [0.29, 0.717) is 11.3 Å². The number of hydrogen-bond acceptors (Lipinski definition) is 3. The first-order valence-corrected chi connectivity index (χ1v) is 3.69. The molecule has 2 aromatic rings. The standard InChI is InChI=1S/C8H7FN4/c9-6-3-1-2-5(4-6)7-8(10)12-13-11-7/h1-4H,(H3,10,11,12,13). The van der Waals surface area contributed by atoms with Gasteiger partial charge in [0.2, 0.25) is 0 Å². The summed E-state index contributed by atoms with van der Waals surface area (Å²) < 4.78 is 12.8. The van der Waals surface area contributed by atoms with E-state index in [2.05, 4.69) is 15.4 Å². The van der Waals surface area contributed by atoms with Crippen LogP contribution in [0.15, 0.2) is 24.3 Å². The minimum Gasteiger partial charge on any atom is -0.380 e. The SMILES string of the molecule is Nc1n[nH]nc1-c1cccc(F)c1. The van der Waals surface area contributed by atoms with E-state index < -0.39 is 0 Å². The zero-order valence-corrected chi connectivity index (χ0v) is 6.66. The minimum atomic E-state index is -0.320. The topological polar surface area (TPSA) is 67.6 Å². The second kappa shape index (κ2) is 2.85. The summed E-state index contributed by atoms with van der Waals surface area (Å²) in [5.74, 6) is -0.0505. The van der Waals surface area contributed by atoms with Crippen LogP contribution < -0.4 is 5.73 Å². The molecule has 2 rings (SSSR count). The summed E-state index contributed by atoms with van der Waals surface area (Å²) in [4.78, 5) is 0. The Morgan fingerprint density at radius 3 is 2.77 bits per heavy atom. The van der Waals surface area contributed by atoms with E-state index in [1.807, 2.05) is 0 Å². The summed E-state index contributed by atoms with van der Waals surface area (Å²) in [5, 5.41) is 9.81. The van der Waals surface area contributed by atoms with Crippen LogP contribution in [0.4, 0.5) is 10.2 Å². The monoisotopic (exact) mass is 178 g/mol. The van der Waals surface area contributed by atoms with Gasteiger partial charge in [0.05, 0.1) is 0 Å². The maximum Gasteiger partial charge on any atom is 0.173 e. The summed E-state index contributed by atoms with van der Waals surface area (Å²) in [7, 11) is 0. The third kappa shape index (κ3) is 1.35. The number of halogens is 1. The largest absolute Gasteiger partial charge is 0.380 e. The molecule has 0 bridgehead atoms. The van der Waals surface area contributed by atoms with Crippen molar-refractivity contribution in [3.63, 3.8) is 0 Å². The third-order valence-corrected chi connectivity index (χ3v) is 1.67. The molecule has 0 fully saturated rings. The maximum absolute atomic E-state index is 12.8. The van der Waals surface area contributed by atoms with Gasteiger partial charge in [-0.25, -0.2) is 4.39 Å². The van der Waals surface area contributed by atoms with Crippen molar-refractivity contribution in [2.24, 2.45) is 0 Å². The predicted molar refractivity (Wildman–Crippen MR) is 46.2 cm³/mol. The fraction of sp³-hybridized carbons (Fsp3) is 0. The second-order valence-electron chi connectivity index (χ2n) is 2.57. The van der Waals surface area contributed by atoms with Crippen molar-refractivity contribution in [3.8, 4) is 11.3 Å². The second-order valence-corrected chi connectivity index (χ2v) is 2.57. The van der Waals surface area contributed by atoms with Gasteiger partial charge in [-0.05, 0) is 12.1 Å². The van der Waals surface area contributed by atoms with Crippen LogP contribution in [0.3, 0.4) is 0 Å². The highest BCUT2D eigenvalue weighted by atomic mass is 19.1. The number of nitrogens with zero attached hydrogens (tertiary/aromatic N) is 2. The number of nitrogens with two attached hydrogens (primary N) is 1. The highest BCUT2D eigenvalue weighted by Crippen LogP contribution is 2.21. The van der Waals surface area contributed by atoms with E-state index in [0.717, 1.165) is 0 Å². The number of aromatic amines is 1. The molecule has 0 unspecified atom stereocenters. The van der Waals surface area contributed by atoms with Crippen molar-refractivity contribution >= 4 is 5.82 Å². The third-order valence-electron chi connectivity index (χ3n) is 1.67. The van der Waals surface area contributed by atoms with Gasteiger partial charge in [0, 0.05) is 5.56 Å². The Balaban J connectivity index is 2.53. The number of anilines is 1. The molecule has 1 aromatic carbocycles. The predicted octanol–water partition coefficient (Wildman–Crippen LogP) is 1.19. The lowest BCUT2D eigenvalue weighted by Gasteiger charge is -1.95. The van der Waals surface area contributed by atoms with Gasteiger partial charge < -0.3 is 5.73 Å². The van der Waals surface area contributed by atoms with Gasteiger partial charge in [-0.1, -0.05) is 12.1 Å². The number of rotatable bonds is 1. The van der Waals surface area contributed by atoms with E-state index in [4.69, 9.17) is 5.73 Å². The number of benzene rings is 1. The van der Waals surface area contributed by atoms with Crippen LogP contribution in [-0.2, 0) is 0 Å². The fourth-order valence-electron chi connectivity index (χ4n) is 1.09. The average molecular weight is 178 g/mol. The molecule has 0 radical (unpaired) electrons. The molecule has 1 heterocycles. The Morgan fingerprint density at radius 2 is 2.15 bits per heavy atom. The lowest BCUT2D eigenvalue weighted by atomic mass is 10.1. The van der Waals surface area contributed by atoms with Gasteiger partial charge in [0.25, 0.3) is 0 Å². The molecular weight excluding hydrogens is 171 g/mol. The number of nitrogen functional groups attached to an aromatic ring is 1. The van der Waals surface area contributed by atoms with Crippen molar-refractivity contribution in [1.29, 1.82) is 0 Å². The molecule has 0 saturated carbocycles. The smallest absolute Gasteiger partial charge is 0.173 e. The summed E-state index contributed by atoms with van der Waals surface area (Å²) >= 11 is 0. The van der Waals surface area contributed by atoms with Gasteiger partial charge in [-0.15, -0.1) is 5.10 Å². The van der Waals surface area contributed by atoms with Crippen LogP contribution >= 0.6 is 0 Å². The van der Waals surface area contributed by atoms with Crippen molar-refractivity contribution in [1.82, 2.24) is 15.4 Å². The van der Waals surface area contributed by atoms with Crippen LogP contribution in [0.5, 0.6) is 0 Å². The molecule has 4 nitrogen and oxygen atoms in total. The van der Waals surface area contributed by atoms with Crippen LogP contribution in [0.25, 0.3) is 11.3 Å². The summed E-state index contributed by atoms with van der Waals surface area (Å²) in [6.07, 6.45) is 0. The van der Waals surface area contributed by atoms with Crippen molar-refractivity contribution in [2.75, 3.05) is 5.73 Å². The van der Waals surface area contributed by atoms with Gasteiger partial charge >= 0.3 is 0 Å². The molecule has 0 spiro atoms. The Labute approximate surface area is 73.6 Å². The zero-order valence-electron chi connectivity index (χ0n) is 6.66. The average Bonchev–Trinajstić information content (AvgIpc) is 2.51. The van der Waals surface area contributed by atoms with E-state index in [1.165, 1.54) is 12.1 Å². The van der Waals surface area contributed by atoms with Gasteiger partial charge in [-0.2, -0.15) is 10.3 Å². The lowest BCUT2D eigenvalue weighted by Crippen LogP contribution is -1.88. The molecule has 1 aromatic heterocycles. The minimum absolute atomic E-state index is 0.269. The first-order valence-electron chi connectivity index (χ1n) is 3.69. The summed E-state index contributed by atoms with van der Waals surface area (Å²) in [6, 6.07) is 6.03. The fourth-order valence-corrected chi connectivity index (χ4v) is 1.09. The quantitative estimate of drug-likeness (QED) is 0.689. The Kier molecular flexibility index (Phi) is 1.70. The molecule has 0 aliphatic rings. The van der Waals surface area contributed by atoms with Crippen molar-refractivity contribution < 1.29 is 4.39 Å². The number of hydrogen-bond donors (Lipinski definition) is 2. The molecule has 0 atom stereocenters. The molecular formula is C8H7FN4. The molecule has 3 N–H and O–H groups in total. The highest BCUT2D eigenvalue weighted by Gasteiger charge is 2.06. The Bertz CT molecular complexity index is 424. The molecule has 5 heteroatoms. The maximum atomic E-state index is 12.8. The van der Waals surface area contributed by atoms with E-state index in [-0.39, 0.29) is 11.6 Å². The highest BCUT2D eigenvalue weighted by molar-refractivity contribution is 5.68. The number of nitrogens with one attached hydrogen (secondary N) is 1. The molecule has 0 aliphatic heterocycles. The molecule has 0 amide bonds. The molecule has 0 saturated heterocycles. The number of H-pyrrole nitrogens is 1. The van der Waals surface area contributed by atoms with Gasteiger partial charge in [-0.3, -0.25) is 0 Å². The van der Waals surface area contributed by atoms with Gasteiger partial charge in [0.1, 0.15) is 11.5 Å². The van der Waals surface area contributed by atoms with Crippen molar-refractivity contribution in [2.45, 2.75) is 0 Å². The van der Waals surface area contributed by atoms with Crippen LogP contribution in [-0.4, -0.2) is 15.4 Å². The van der Waals surface area contributed by atoms with Crippen molar-refractivity contribution in [3.05, 3.63) is 30.1 Å². The molecule has 0 aliphatic carbocycles. The first kappa shape index (κ1) is 7.72. The summed E-state index contributed by atoms with van der Waals surface area (Å²) in [6.45, 7) is 0. The van der Waals surface area contributed by atoms with E-state index in [9.17, 15) is 4.39 Å². The lowest BCUT2D eigenvalue weighted by molar-refractivity contribution is 0.628. The number of aromatic nitrogens is 3. The first-order chi connectivity index (χ1) is 6.27. The normalized spacial score (nSPS) is 10.2. The summed E-state index contributed by atoms with van der Waals surface area (Å²) in [5.41, 5.74) is 6.58. The van der Waals surface area contributed by atoms with E-state index in [1.54, 1.807) is 12.1 Å². The molecule has 66 valence electrons. The van der Waals surface area contributed by atoms with Crippen LogP contribution in [0.2, 0.25) is 0 Å². The van der Waals surface area contributed by atoms with Crippen LogP contribution in [0.1, 0.15) is 0 Å². The van der Waals surface area contributed by atoms with Gasteiger partial charge in [0.15, 0.2) is 5.82 Å². The Hall–Kier alpha value is -1.91. The zero-order chi connectivity index (χ0) is 9.26. The van der Waals surface area contributed by atoms with E-state index >= 15 is 0 Å². The Morgan fingerprint density at radius 1 is 1.31 bits per heavy atom. The van der Waals surface area contributed by atoms with Crippen LogP contribution in [0, 0.1) is 5.82 Å². The molecule has 13 heavy (non-hydrogen) atoms.